The van der Waals surface area contributed by atoms with Crippen LogP contribution >= 0.6 is 11.3 Å². The van der Waals surface area contributed by atoms with Crippen molar-refractivity contribution in [1.29, 1.82) is 0 Å². The van der Waals surface area contributed by atoms with Crippen molar-refractivity contribution in [3.63, 3.8) is 0 Å². The first kappa shape index (κ1) is 20.8. The number of anilines is 2. The van der Waals surface area contributed by atoms with Crippen molar-refractivity contribution in [2.45, 2.75) is 25.1 Å². The van der Waals surface area contributed by atoms with Crippen LogP contribution in [0.2, 0.25) is 0 Å². The largest absolute Gasteiger partial charge is 0.419 e. The molecule has 1 saturated heterocycles. The Morgan fingerprint density at radius 3 is 2.57 bits per heavy atom. The van der Waals surface area contributed by atoms with Gasteiger partial charge in [-0.15, -0.1) is 5.10 Å². The summed E-state index contributed by atoms with van der Waals surface area (Å²) in [5.74, 6) is -0.590. The SMILES string of the molecule is CS(=O)(=O)N1CCC(Nc2nn3c(-c4cnc(N)c(C(F)(F)F)c4)cnc3s2)CC1. The van der Waals surface area contributed by atoms with Gasteiger partial charge in [-0.3, -0.25) is 0 Å². The molecule has 0 unspecified atom stereocenters. The number of rotatable bonds is 4. The van der Waals surface area contributed by atoms with E-state index >= 15 is 0 Å². The normalized spacial score (nSPS) is 16.9. The van der Waals surface area contributed by atoms with Crippen LogP contribution in [0.4, 0.5) is 24.1 Å². The molecule has 0 radical (unpaired) electrons. The van der Waals surface area contributed by atoms with Crippen LogP contribution in [-0.2, 0) is 16.2 Å². The van der Waals surface area contributed by atoms with Gasteiger partial charge in [-0.1, -0.05) is 11.3 Å². The second-order valence-corrected chi connectivity index (χ2v) is 9.92. The molecule has 4 rings (SSSR count). The fourth-order valence-electron chi connectivity index (χ4n) is 3.30. The molecule has 162 valence electrons. The minimum atomic E-state index is -4.62. The van der Waals surface area contributed by atoms with Gasteiger partial charge in [-0.25, -0.2) is 27.2 Å². The Balaban J connectivity index is 1.55. The van der Waals surface area contributed by atoms with Gasteiger partial charge in [0, 0.05) is 30.9 Å². The zero-order valence-electron chi connectivity index (χ0n) is 15.7. The molecule has 0 saturated carbocycles. The number of aromatic nitrogens is 4. The second-order valence-electron chi connectivity index (χ2n) is 6.98. The molecule has 1 aliphatic heterocycles. The smallest absolute Gasteiger partial charge is 0.383 e. The average Bonchev–Trinajstić information content (AvgIpc) is 3.21. The number of piperidine rings is 1. The number of fused-ring (bicyclic) bond motifs is 1. The third-order valence-electron chi connectivity index (χ3n) is 4.86. The average molecular weight is 461 g/mol. The highest BCUT2D eigenvalue weighted by Crippen LogP contribution is 2.35. The van der Waals surface area contributed by atoms with E-state index in [-0.39, 0.29) is 11.6 Å². The molecule has 4 heterocycles. The second kappa shape index (κ2) is 7.35. The van der Waals surface area contributed by atoms with E-state index in [0.717, 1.165) is 6.07 Å². The Hall–Kier alpha value is -2.45. The van der Waals surface area contributed by atoms with Crippen LogP contribution in [0.3, 0.4) is 0 Å². The summed E-state index contributed by atoms with van der Waals surface area (Å²) >= 11 is 1.26. The first-order chi connectivity index (χ1) is 14.0. The van der Waals surface area contributed by atoms with Crippen LogP contribution in [0.25, 0.3) is 16.2 Å². The van der Waals surface area contributed by atoms with Gasteiger partial charge in [0.15, 0.2) is 0 Å². The Morgan fingerprint density at radius 1 is 1.23 bits per heavy atom. The van der Waals surface area contributed by atoms with Crippen LogP contribution < -0.4 is 11.1 Å². The Labute approximate surface area is 173 Å². The summed E-state index contributed by atoms with van der Waals surface area (Å²) < 4.78 is 65.5. The summed E-state index contributed by atoms with van der Waals surface area (Å²) in [6, 6.07) is 0.969. The van der Waals surface area contributed by atoms with Gasteiger partial charge in [0.25, 0.3) is 0 Å². The third kappa shape index (κ3) is 4.06. The van der Waals surface area contributed by atoms with Gasteiger partial charge in [-0.05, 0) is 18.9 Å². The molecule has 0 aromatic carbocycles. The first-order valence-electron chi connectivity index (χ1n) is 8.91. The third-order valence-corrected chi connectivity index (χ3v) is 7.01. The number of pyridine rings is 1. The van der Waals surface area contributed by atoms with Crippen molar-refractivity contribution in [2.75, 3.05) is 30.4 Å². The van der Waals surface area contributed by atoms with Crippen LogP contribution in [0.1, 0.15) is 18.4 Å². The molecule has 0 atom stereocenters. The highest BCUT2D eigenvalue weighted by Gasteiger charge is 2.34. The number of hydrogen-bond acceptors (Lipinski definition) is 8. The van der Waals surface area contributed by atoms with Gasteiger partial charge >= 0.3 is 6.18 Å². The quantitative estimate of drug-likeness (QED) is 0.612. The summed E-state index contributed by atoms with van der Waals surface area (Å²) in [6.45, 7) is 0.836. The van der Waals surface area contributed by atoms with Crippen molar-refractivity contribution >= 4 is 37.3 Å². The first-order valence-corrected chi connectivity index (χ1v) is 11.6. The maximum atomic E-state index is 13.1. The topological polar surface area (TPSA) is 119 Å². The zero-order valence-corrected chi connectivity index (χ0v) is 17.4. The minimum Gasteiger partial charge on any atom is -0.383 e. The van der Waals surface area contributed by atoms with E-state index in [0.29, 0.717) is 41.7 Å². The molecule has 3 N–H and O–H groups in total. The predicted octanol–water partition coefficient (Wildman–Crippen LogP) is 2.29. The van der Waals surface area contributed by atoms with E-state index in [2.05, 4.69) is 20.4 Å². The number of nitrogen functional groups attached to an aromatic ring is 1. The van der Waals surface area contributed by atoms with Crippen LogP contribution in [0.5, 0.6) is 0 Å². The lowest BCUT2D eigenvalue weighted by atomic mass is 10.1. The summed E-state index contributed by atoms with van der Waals surface area (Å²) in [7, 11) is -3.20. The predicted molar refractivity (Wildman–Crippen MR) is 107 cm³/mol. The van der Waals surface area contributed by atoms with Crippen molar-refractivity contribution in [1.82, 2.24) is 23.9 Å². The van der Waals surface area contributed by atoms with Gasteiger partial charge in [0.1, 0.15) is 5.82 Å². The molecule has 1 aliphatic rings. The van der Waals surface area contributed by atoms with E-state index < -0.39 is 27.6 Å². The van der Waals surface area contributed by atoms with E-state index in [1.54, 1.807) is 0 Å². The maximum Gasteiger partial charge on any atom is 0.419 e. The minimum absolute atomic E-state index is 0.0392. The summed E-state index contributed by atoms with van der Waals surface area (Å²) in [5, 5.41) is 8.23. The molecule has 3 aromatic rings. The molecule has 1 fully saturated rings. The van der Waals surface area contributed by atoms with Gasteiger partial charge in [0.2, 0.25) is 20.1 Å². The molecule has 0 spiro atoms. The highest BCUT2D eigenvalue weighted by molar-refractivity contribution is 7.88. The number of nitrogens with one attached hydrogen (secondary N) is 1. The van der Waals surface area contributed by atoms with Gasteiger partial charge < -0.3 is 11.1 Å². The van der Waals surface area contributed by atoms with E-state index in [9.17, 15) is 21.6 Å². The molecule has 0 bridgehead atoms. The fraction of sp³-hybridized carbons (Fsp3) is 0.438. The highest BCUT2D eigenvalue weighted by atomic mass is 32.2. The van der Waals surface area contributed by atoms with Crippen molar-refractivity contribution < 1.29 is 21.6 Å². The van der Waals surface area contributed by atoms with Crippen LogP contribution in [-0.4, -0.2) is 57.7 Å². The van der Waals surface area contributed by atoms with Crippen molar-refractivity contribution in [3.8, 4) is 11.3 Å². The summed E-state index contributed by atoms with van der Waals surface area (Å²) in [5.41, 5.74) is 4.91. The lowest BCUT2D eigenvalue weighted by molar-refractivity contribution is -0.137. The molecule has 0 aliphatic carbocycles. The van der Waals surface area contributed by atoms with Crippen molar-refractivity contribution in [3.05, 3.63) is 24.0 Å². The van der Waals surface area contributed by atoms with Crippen LogP contribution in [0, 0.1) is 0 Å². The number of hydrogen-bond donors (Lipinski definition) is 2. The molecule has 0 amide bonds. The number of halogens is 3. The number of nitrogens with two attached hydrogens (primary N) is 1. The Bertz CT molecular complexity index is 1180. The molecule has 3 aromatic heterocycles. The number of alkyl halides is 3. The van der Waals surface area contributed by atoms with Gasteiger partial charge in [0.05, 0.1) is 23.7 Å². The lowest BCUT2D eigenvalue weighted by Crippen LogP contribution is -2.41. The van der Waals surface area contributed by atoms with Gasteiger partial charge in [-0.2, -0.15) is 13.2 Å². The fourth-order valence-corrected chi connectivity index (χ4v) is 5.02. The standard InChI is InChI=1S/C16H18F3N7O2S2/c1-30(27,28)25-4-2-10(3-5-25)23-14-24-26-12(8-22-15(26)29-14)9-6-11(16(17,18)19)13(20)21-7-9/h6-8,10H,2-5H2,1H3,(H2,20,21)(H,23,24). The number of sulfonamides is 1. The molecule has 9 nitrogen and oxygen atoms in total. The molecule has 14 heteroatoms. The maximum absolute atomic E-state index is 13.1. The summed E-state index contributed by atoms with van der Waals surface area (Å²) in [4.78, 5) is 8.38. The van der Waals surface area contributed by atoms with E-state index in [4.69, 9.17) is 5.73 Å². The molecular formula is C16H18F3N7O2S2. The lowest BCUT2D eigenvalue weighted by Gasteiger charge is -2.30. The zero-order chi connectivity index (χ0) is 21.7. The van der Waals surface area contributed by atoms with Crippen molar-refractivity contribution in [2.24, 2.45) is 0 Å². The van der Waals surface area contributed by atoms with E-state index in [1.807, 2.05) is 0 Å². The molecular weight excluding hydrogens is 443 g/mol. The Morgan fingerprint density at radius 2 is 1.93 bits per heavy atom. The molecule has 30 heavy (non-hydrogen) atoms. The van der Waals surface area contributed by atoms with E-state index in [1.165, 1.54) is 38.8 Å². The monoisotopic (exact) mass is 461 g/mol. The number of imidazole rings is 1. The van der Waals surface area contributed by atoms with Crippen LogP contribution in [0.15, 0.2) is 18.5 Å². The summed E-state index contributed by atoms with van der Waals surface area (Å²) in [6.07, 6.45) is 0.500. The Kier molecular flexibility index (Phi) is 5.10. The number of nitrogens with zero attached hydrogens (tertiary/aromatic N) is 5.